The van der Waals surface area contributed by atoms with Gasteiger partial charge in [0, 0.05) is 13.2 Å². The number of hydrogen-bond acceptors (Lipinski definition) is 6. The van der Waals surface area contributed by atoms with E-state index in [4.69, 9.17) is 9.47 Å². The number of rotatable bonds is 4. The minimum atomic E-state index is -3.69. The summed E-state index contributed by atoms with van der Waals surface area (Å²) >= 11 is 0. The monoisotopic (exact) mass is 354 g/mol. The minimum Gasteiger partial charge on any atom is -0.432 e. The van der Waals surface area contributed by atoms with Gasteiger partial charge in [-0.05, 0) is 24.5 Å². The molecule has 1 aromatic carbocycles. The van der Waals surface area contributed by atoms with E-state index in [0.29, 0.717) is 25.1 Å². The maximum Gasteiger partial charge on any atom is 0.422 e. The van der Waals surface area contributed by atoms with Crippen LogP contribution in [0.15, 0.2) is 29.2 Å². The lowest BCUT2D eigenvalue weighted by Crippen LogP contribution is -2.42. The van der Waals surface area contributed by atoms with Crippen LogP contribution in [0.1, 0.15) is 37.8 Å². The molecular weight excluding hydrogens is 332 g/mol. The van der Waals surface area contributed by atoms with E-state index in [9.17, 15) is 13.2 Å². The predicted octanol–water partition coefficient (Wildman–Crippen LogP) is 2.00. The minimum absolute atomic E-state index is 0.0583. The molecule has 7 nitrogen and oxygen atoms in total. The van der Waals surface area contributed by atoms with Crippen LogP contribution >= 0.6 is 0 Å². The van der Waals surface area contributed by atoms with E-state index in [2.05, 4.69) is 12.3 Å². The third kappa shape index (κ3) is 3.55. The maximum atomic E-state index is 12.5. The lowest BCUT2D eigenvalue weighted by Gasteiger charge is -2.24. The Morgan fingerprint density at radius 2 is 2.17 bits per heavy atom. The number of cyclic esters (lactones) is 1. The van der Waals surface area contributed by atoms with Crippen LogP contribution in [0.3, 0.4) is 0 Å². The van der Waals surface area contributed by atoms with Gasteiger partial charge in [0.25, 0.3) is 0 Å². The van der Waals surface area contributed by atoms with Gasteiger partial charge in [-0.2, -0.15) is 0 Å². The van der Waals surface area contributed by atoms with Gasteiger partial charge in [0.2, 0.25) is 9.84 Å². The van der Waals surface area contributed by atoms with Gasteiger partial charge in [-0.3, -0.25) is 5.43 Å². The number of unbranched alkanes of at least 4 members (excludes halogenated alkanes) is 1. The van der Waals surface area contributed by atoms with E-state index < -0.39 is 21.9 Å². The van der Waals surface area contributed by atoms with Gasteiger partial charge in [-0.1, -0.05) is 31.5 Å². The van der Waals surface area contributed by atoms with Crippen LogP contribution in [0, 0.1) is 0 Å². The van der Waals surface area contributed by atoms with Crippen LogP contribution < -0.4 is 5.43 Å². The standard InChI is InChI=1S/C16H22N2O5S/c1-2-3-8-22-12-9-14-13-6-4-5-7-15(13)24(20,21)11-23-16(19)17-18(14)10-12/h4-7,12,14H,2-3,8-11H2,1H3,(H,17,19)/t12-,14+/m0/s1. The summed E-state index contributed by atoms with van der Waals surface area (Å²) < 4.78 is 35.7. The molecule has 1 amide bonds. The first-order chi connectivity index (χ1) is 11.5. The molecule has 24 heavy (non-hydrogen) atoms. The predicted molar refractivity (Wildman–Crippen MR) is 86.8 cm³/mol. The van der Waals surface area contributed by atoms with Crippen LogP contribution in [0.25, 0.3) is 0 Å². The second-order valence-electron chi connectivity index (χ2n) is 6.06. The average molecular weight is 354 g/mol. The van der Waals surface area contributed by atoms with E-state index in [1.54, 1.807) is 29.3 Å². The summed E-state index contributed by atoms with van der Waals surface area (Å²) in [5, 5.41) is 1.72. The highest BCUT2D eigenvalue weighted by Crippen LogP contribution is 2.36. The van der Waals surface area contributed by atoms with E-state index >= 15 is 0 Å². The second kappa shape index (κ2) is 7.08. The zero-order chi connectivity index (χ0) is 17.2. The van der Waals surface area contributed by atoms with Crippen molar-refractivity contribution >= 4 is 15.9 Å². The molecule has 0 aromatic heterocycles. The number of benzene rings is 1. The first kappa shape index (κ1) is 17.2. The molecule has 0 aliphatic carbocycles. The SMILES string of the molecule is CCCCO[C@H]1C[C@@H]2c3ccccc3S(=O)(=O)COC(=O)NN2C1. The van der Waals surface area contributed by atoms with Crippen LogP contribution in [-0.2, 0) is 19.3 Å². The third-order valence-electron chi connectivity index (χ3n) is 4.31. The highest BCUT2D eigenvalue weighted by atomic mass is 32.2. The number of amides is 1. The molecule has 3 rings (SSSR count). The van der Waals surface area contributed by atoms with E-state index in [0.717, 1.165) is 12.8 Å². The van der Waals surface area contributed by atoms with E-state index in [1.807, 2.05) is 0 Å². The van der Waals surface area contributed by atoms with Crippen LogP contribution in [0.5, 0.6) is 0 Å². The highest BCUT2D eigenvalue weighted by molar-refractivity contribution is 7.91. The van der Waals surface area contributed by atoms with Crippen LogP contribution in [0.4, 0.5) is 4.79 Å². The van der Waals surface area contributed by atoms with Crippen LogP contribution in [0.2, 0.25) is 0 Å². The number of hydrogen-bond donors (Lipinski definition) is 1. The number of sulfone groups is 1. The summed E-state index contributed by atoms with van der Waals surface area (Å²) in [6.45, 7) is 3.25. The fraction of sp³-hybridized carbons (Fsp3) is 0.562. The van der Waals surface area contributed by atoms with Crippen molar-refractivity contribution in [2.24, 2.45) is 0 Å². The normalized spacial score (nSPS) is 26.3. The number of ether oxygens (including phenoxy) is 2. The van der Waals surface area contributed by atoms with Gasteiger partial charge in [-0.25, -0.2) is 18.2 Å². The smallest absolute Gasteiger partial charge is 0.422 e. The van der Waals surface area contributed by atoms with Crippen molar-refractivity contribution in [1.29, 1.82) is 0 Å². The molecule has 1 saturated heterocycles. The Hall–Kier alpha value is -1.64. The largest absolute Gasteiger partial charge is 0.432 e. The molecule has 0 saturated carbocycles. The second-order valence-corrected chi connectivity index (χ2v) is 7.97. The van der Waals surface area contributed by atoms with Crippen molar-refractivity contribution in [1.82, 2.24) is 10.4 Å². The molecule has 2 atom stereocenters. The Morgan fingerprint density at radius 1 is 1.38 bits per heavy atom. The highest BCUT2D eigenvalue weighted by Gasteiger charge is 2.39. The molecule has 2 aliphatic rings. The molecular formula is C16H22N2O5S. The molecule has 0 bridgehead atoms. The Bertz CT molecular complexity index is 706. The number of carbonyl (C=O) groups excluding carboxylic acids is 1. The number of hydrazine groups is 1. The molecule has 2 heterocycles. The average Bonchev–Trinajstić information content (AvgIpc) is 2.96. The molecule has 1 N–H and O–H groups in total. The van der Waals surface area contributed by atoms with Crippen molar-refractivity contribution in [3.63, 3.8) is 0 Å². The number of nitrogens with one attached hydrogen (secondary N) is 1. The summed E-state index contributed by atoms with van der Waals surface area (Å²) in [6, 6.07) is 6.58. The van der Waals surface area contributed by atoms with Crippen LogP contribution in [-0.4, -0.2) is 44.7 Å². The third-order valence-corrected chi connectivity index (χ3v) is 5.78. The molecule has 0 unspecified atom stereocenters. The Morgan fingerprint density at radius 3 is 2.96 bits per heavy atom. The van der Waals surface area contributed by atoms with Gasteiger partial charge in [0.1, 0.15) is 0 Å². The van der Waals surface area contributed by atoms with Crippen molar-refractivity contribution in [2.45, 2.75) is 43.2 Å². The van der Waals surface area contributed by atoms with Crippen molar-refractivity contribution in [2.75, 3.05) is 19.1 Å². The Kier molecular flexibility index (Phi) is 5.07. The summed E-state index contributed by atoms with van der Waals surface area (Å²) in [7, 11) is -3.69. The number of carbonyl (C=O) groups is 1. The van der Waals surface area contributed by atoms with Gasteiger partial charge in [0.05, 0.1) is 17.0 Å². The molecule has 1 fully saturated rings. The molecule has 0 spiro atoms. The lowest BCUT2D eigenvalue weighted by atomic mass is 10.0. The molecule has 2 aliphatic heterocycles. The summed E-state index contributed by atoms with van der Waals surface area (Å²) in [6.07, 6.45) is 1.83. The molecule has 0 radical (unpaired) electrons. The summed E-state index contributed by atoms with van der Waals surface area (Å²) in [5.41, 5.74) is 3.32. The fourth-order valence-electron chi connectivity index (χ4n) is 3.11. The first-order valence-electron chi connectivity index (χ1n) is 8.14. The molecule has 8 heteroatoms. The quantitative estimate of drug-likeness (QED) is 0.833. The molecule has 1 aromatic rings. The zero-order valence-electron chi connectivity index (χ0n) is 13.6. The summed E-state index contributed by atoms with van der Waals surface area (Å²) in [5.74, 6) is -0.660. The fourth-order valence-corrected chi connectivity index (χ4v) is 4.35. The number of fused-ring (bicyclic) bond motifs is 3. The van der Waals surface area contributed by atoms with Gasteiger partial charge in [0.15, 0.2) is 5.94 Å². The van der Waals surface area contributed by atoms with E-state index in [1.165, 1.54) is 0 Å². The Balaban J connectivity index is 1.92. The Labute approximate surface area is 141 Å². The topological polar surface area (TPSA) is 84.9 Å². The van der Waals surface area contributed by atoms with Gasteiger partial charge < -0.3 is 9.47 Å². The summed E-state index contributed by atoms with van der Waals surface area (Å²) in [4.78, 5) is 12.1. The van der Waals surface area contributed by atoms with E-state index in [-0.39, 0.29) is 17.0 Å². The van der Waals surface area contributed by atoms with Crippen molar-refractivity contribution < 1.29 is 22.7 Å². The lowest BCUT2D eigenvalue weighted by molar-refractivity contribution is 0.0508. The number of nitrogens with zero attached hydrogens (tertiary/aromatic N) is 1. The first-order valence-corrected chi connectivity index (χ1v) is 9.80. The van der Waals surface area contributed by atoms with Gasteiger partial charge >= 0.3 is 6.09 Å². The van der Waals surface area contributed by atoms with Crippen molar-refractivity contribution in [3.05, 3.63) is 29.8 Å². The molecule has 132 valence electrons. The zero-order valence-corrected chi connectivity index (χ0v) is 14.4. The van der Waals surface area contributed by atoms with Crippen molar-refractivity contribution in [3.8, 4) is 0 Å². The maximum absolute atomic E-state index is 12.5. The van der Waals surface area contributed by atoms with Gasteiger partial charge in [-0.15, -0.1) is 0 Å².